The molecular weight excluding hydrogens is 753 g/mol. The minimum atomic E-state index is -1.31. The van der Waals surface area contributed by atoms with Crippen molar-refractivity contribution in [3.05, 3.63) is 179 Å². The van der Waals surface area contributed by atoms with Crippen LogP contribution in [0.4, 0.5) is 0 Å². The second-order valence-corrected chi connectivity index (χ2v) is 14.9. The molecule has 5 aromatic rings. The van der Waals surface area contributed by atoms with Crippen LogP contribution in [0.5, 0.6) is 0 Å². The Morgan fingerprint density at radius 2 is 1.02 bits per heavy atom. The van der Waals surface area contributed by atoms with Gasteiger partial charge in [0.1, 0.15) is 48.8 Å². The summed E-state index contributed by atoms with van der Waals surface area (Å²) in [6.45, 7) is 1.40. The van der Waals surface area contributed by atoms with E-state index in [0.29, 0.717) is 6.61 Å². The van der Waals surface area contributed by atoms with Crippen LogP contribution >= 0.6 is 0 Å². The van der Waals surface area contributed by atoms with Crippen LogP contribution in [0, 0.1) is 0 Å². The van der Waals surface area contributed by atoms with E-state index in [-0.39, 0.29) is 33.0 Å². The maximum atomic E-state index is 12.4. The Bertz CT molecular complexity index is 1940. The summed E-state index contributed by atoms with van der Waals surface area (Å²) in [5.41, 5.74) is 4.72. The lowest BCUT2D eigenvalue weighted by molar-refractivity contribution is -0.397. The number of fused-ring (bicyclic) bond motifs is 1. The van der Waals surface area contributed by atoms with Gasteiger partial charge in [-0.25, -0.2) is 0 Å². The molecule has 0 radical (unpaired) electrons. The van der Waals surface area contributed by atoms with Crippen LogP contribution < -0.4 is 0 Å². The summed E-state index contributed by atoms with van der Waals surface area (Å²) < 4.78 is 65.2. The van der Waals surface area contributed by atoms with Gasteiger partial charge in [-0.1, -0.05) is 152 Å². The van der Waals surface area contributed by atoms with E-state index < -0.39 is 67.7 Å². The topological polar surface area (TPSA) is 113 Å². The van der Waals surface area contributed by atoms with E-state index in [4.69, 9.17) is 47.4 Å². The molecule has 0 amide bonds. The number of aliphatic hydroxyl groups excluding tert-OH is 1. The van der Waals surface area contributed by atoms with Crippen molar-refractivity contribution in [3.63, 3.8) is 0 Å². The summed E-state index contributed by atoms with van der Waals surface area (Å²) >= 11 is 0. The third kappa shape index (κ3) is 10.7. The van der Waals surface area contributed by atoms with E-state index in [1.54, 1.807) is 7.11 Å². The highest BCUT2D eigenvalue weighted by Crippen LogP contribution is 2.39. The molecule has 8 rings (SSSR count). The van der Waals surface area contributed by atoms with Gasteiger partial charge in [-0.15, -0.1) is 0 Å². The number of rotatable bonds is 17. The standard InChI is InChI=1S/C48H52O11/c1-50-48-45(54-30-36-23-13-5-14-24-36)44(42-39(57-48)32-55-46(58-42)37-25-15-6-16-26-37)59-47-40(49)43(53-29-35-21-11-4-12-22-35)41(52-28-34-19-9-3-10-20-34)38(56-47)31-51-27-33-17-7-2-8-18-33/h2-26,38-49H,27-32H2,1H3/t38-,39-,40-,41-,42-,43-,44+,45+,46?,47-,48+/m1/s1. The van der Waals surface area contributed by atoms with Gasteiger partial charge in [-0.3, -0.25) is 0 Å². The summed E-state index contributed by atoms with van der Waals surface area (Å²) in [7, 11) is 1.56. The van der Waals surface area contributed by atoms with Crippen LogP contribution in [0.3, 0.4) is 0 Å². The van der Waals surface area contributed by atoms with Gasteiger partial charge in [0.25, 0.3) is 0 Å². The molecule has 3 saturated heterocycles. The van der Waals surface area contributed by atoms with Crippen molar-refractivity contribution < 1.29 is 52.5 Å². The number of ether oxygens (including phenoxy) is 10. The van der Waals surface area contributed by atoms with Crippen LogP contribution in [0.1, 0.15) is 34.1 Å². The average molecular weight is 805 g/mol. The van der Waals surface area contributed by atoms with Gasteiger partial charge in [0.2, 0.25) is 0 Å². The van der Waals surface area contributed by atoms with E-state index in [9.17, 15) is 5.11 Å². The van der Waals surface area contributed by atoms with Gasteiger partial charge in [0.05, 0.1) is 39.6 Å². The van der Waals surface area contributed by atoms with Crippen molar-refractivity contribution in [3.8, 4) is 0 Å². The molecule has 1 unspecified atom stereocenters. The van der Waals surface area contributed by atoms with Crippen molar-refractivity contribution in [1.29, 1.82) is 0 Å². The molecule has 5 aromatic carbocycles. The quantitative estimate of drug-likeness (QED) is 0.106. The van der Waals surface area contributed by atoms with Gasteiger partial charge in [-0.05, 0) is 22.3 Å². The third-order valence-electron chi connectivity index (χ3n) is 10.7. The molecule has 3 heterocycles. The Morgan fingerprint density at radius 3 is 1.56 bits per heavy atom. The maximum Gasteiger partial charge on any atom is 0.187 e. The van der Waals surface area contributed by atoms with Crippen molar-refractivity contribution in [2.75, 3.05) is 20.3 Å². The fourth-order valence-corrected chi connectivity index (χ4v) is 7.70. The summed E-state index contributed by atoms with van der Waals surface area (Å²) in [4.78, 5) is 0. The van der Waals surface area contributed by atoms with Crippen LogP contribution in [0.15, 0.2) is 152 Å². The van der Waals surface area contributed by atoms with Crippen molar-refractivity contribution in [2.24, 2.45) is 0 Å². The molecule has 310 valence electrons. The first-order chi connectivity index (χ1) is 29.1. The van der Waals surface area contributed by atoms with E-state index in [0.717, 1.165) is 27.8 Å². The van der Waals surface area contributed by atoms with Crippen LogP contribution in [-0.2, 0) is 73.8 Å². The van der Waals surface area contributed by atoms with Crippen molar-refractivity contribution in [1.82, 2.24) is 0 Å². The summed E-state index contributed by atoms with van der Waals surface area (Å²) in [5, 5.41) is 12.4. The van der Waals surface area contributed by atoms with Gasteiger partial charge in [0.15, 0.2) is 18.9 Å². The first-order valence-corrected chi connectivity index (χ1v) is 20.2. The van der Waals surface area contributed by atoms with Gasteiger partial charge >= 0.3 is 0 Å². The first kappa shape index (κ1) is 41.4. The lowest BCUT2D eigenvalue weighted by Crippen LogP contribution is -2.67. The highest BCUT2D eigenvalue weighted by molar-refractivity contribution is 5.18. The fourth-order valence-electron chi connectivity index (χ4n) is 7.70. The molecule has 1 N–H and O–H groups in total. The Kier molecular flexibility index (Phi) is 14.6. The van der Waals surface area contributed by atoms with E-state index in [1.807, 2.05) is 152 Å². The molecule has 3 fully saturated rings. The predicted octanol–water partition coefficient (Wildman–Crippen LogP) is 6.92. The Balaban J connectivity index is 1.11. The van der Waals surface area contributed by atoms with Crippen molar-refractivity contribution in [2.45, 2.75) is 94.1 Å². The monoisotopic (exact) mass is 804 g/mol. The SMILES string of the molecule is CO[C@H]1O[C@@H]2COC(c3ccccc3)O[C@H]2[C@H](O[C@H]2O[C@H](COCc3ccccc3)[C@@H](OCc3ccccc3)[C@H](OCc3ccccc3)[C@H]2O)[C@@H]1OCc1ccccc1. The Morgan fingerprint density at radius 1 is 0.525 bits per heavy atom. The molecule has 11 nitrogen and oxygen atoms in total. The molecule has 0 aromatic heterocycles. The Hall–Kier alpha value is -4.34. The average Bonchev–Trinajstić information content (AvgIpc) is 3.30. The summed E-state index contributed by atoms with van der Waals surface area (Å²) in [5.74, 6) is 0. The largest absolute Gasteiger partial charge is 0.385 e. The predicted molar refractivity (Wildman–Crippen MR) is 216 cm³/mol. The van der Waals surface area contributed by atoms with E-state index in [1.165, 1.54) is 0 Å². The van der Waals surface area contributed by atoms with E-state index in [2.05, 4.69) is 0 Å². The second-order valence-electron chi connectivity index (χ2n) is 14.9. The molecule has 3 aliphatic rings. The molecule has 11 heteroatoms. The lowest BCUT2D eigenvalue weighted by Gasteiger charge is -2.51. The minimum absolute atomic E-state index is 0.126. The molecule has 0 bridgehead atoms. The molecule has 0 aliphatic carbocycles. The highest BCUT2D eigenvalue weighted by Gasteiger charge is 2.55. The van der Waals surface area contributed by atoms with Crippen molar-refractivity contribution >= 4 is 0 Å². The number of hydrogen-bond donors (Lipinski definition) is 1. The zero-order valence-electron chi connectivity index (χ0n) is 33.1. The number of aliphatic hydroxyl groups is 1. The normalized spacial score (nSPS) is 29.4. The van der Waals surface area contributed by atoms with Crippen LogP contribution in [-0.4, -0.2) is 86.8 Å². The minimum Gasteiger partial charge on any atom is -0.385 e. The molecular formula is C48H52O11. The second kappa shape index (κ2) is 20.8. The summed E-state index contributed by atoms with van der Waals surface area (Å²) in [6.07, 6.45) is -9.43. The van der Waals surface area contributed by atoms with E-state index >= 15 is 0 Å². The smallest absolute Gasteiger partial charge is 0.187 e. The number of methoxy groups -OCH3 is 1. The molecule has 0 saturated carbocycles. The lowest BCUT2D eigenvalue weighted by atomic mass is 9.95. The summed E-state index contributed by atoms with van der Waals surface area (Å²) in [6, 6.07) is 49.2. The number of benzene rings is 5. The highest BCUT2D eigenvalue weighted by atomic mass is 16.8. The molecule has 3 aliphatic heterocycles. The Labute approximate surface area is 345 Å². The van der Waals surface area contributed by atoms with Gasteiger partial charge in [0, 0.05) is 12.7 Å². The fraction of sp³-hybridized carbons (Fsp3) is 0.375. The van der Waals surface area contributed by atoms with Gasteiger partial charge < -0.3 is 52.5 Å². The molecule has 11 atom stereocenters. The molecule has 59 heavy (non-hydrogen) atoms. The first-order valence-electron chi connectivity index (χ1n) is 20.2. The number of hydrogen-bond acceptors (Lipinski definition) is 11. The maximum absolute atomic E-state index is 12.4. The van der Waals surface area contributed by atoms with Crippen LogP contribution in [0.25, 0.3) is 0 Å². The van der Waals surface area contributed by atoms with Crippen LogP contribution in [0.2, 0.25) is 0 Å². The third-order valence-corrected chi connectivity index (χ3v) is 10.7. The zero-order chi connectivity index (χ0) is 40.2. The molecule has 0 spiro atoms. The van der Waals surface area contributed by atoms with Gasteiger partial charge in [-0.2, -0.15) is 0 Å². The zero-order valence-corrected chi connectivity index (χ0v) is 33.1.